The summed E-state index contributed by atoms with van der Waals surface area (Å²) in [7, 11) is 0. The van der Waals surface area contributed by atoms with E-state index in [9.17, 15) is 19.8 Å². The summed E-state index contributed by atoms with van der Waals surface area (Å²) in [5.74, 6) is -0.739. The van der Waals surface area contributed by atoms with E-state index in [4.69, 9.17) is 10.5 Å². The lowest BCUT2D eigenvalue weighted by Gasteiger charge is -2.37. The molecule has 1 aromatic rings. The van der Waals surface area contributed by atoms with Gasteiger partial charge in [-0.15, -0.1) is 0 Å². The Hall–Kier alpha value is -2.28. The Kier molecular flexibility index (Phi) is 5.27. The summed E-state index contributed by atoms with van der Waals surface area (Å²) < 4.78 is 6.04. The molecule has 1 heterocycles. The maximum Gasteiger partial charge on any atom is 0.326 e. The zero-order chi connectivity index (χ0) is 18.9. The molecule has 25 heavy (non-hydrogen) atoms. The van der Waals surface area contributed by atoms with Crippen LogP contribution in [0, 0.1) is 20.8 Å². The van der Waals surface area contributed by atoms with Crippen molar-refractivity contribution in [1.29, 1.82) is 0 Å². The van der Waals surface area contributed by atoms with Gasteiger partial charge in [0.25, 0.3) is 5.91 Å². The van der Waals surface area contributed by atoms with Crippen molar-refractivity contribution in [1.82, 2.24) is 5.32 Å². The van der Waals surface area contributed by atoms with Crippen LogP contribution < -0.4 is 15.8 Å². The SMILES string of the molecule is Cc1c(C)c2c(c(C)c1O)CCC(C)(C(=O)NC(CCN)C(=O)O)O2. The van der Waals surface area contributed by atoms with Crippen LogP contribution >= 0.6 is 0 Å². The normalized spacial score (nSPS) is 20.4. The second-order valence-electron chi connectivity index (χ2n) is 6.81. The van der Waals surface area contributed by atoms with Crippen LogP contribution in [0.4, 0.5) is 0 Å². The van der Waals surface area contributed by atoms with Crippen molar-refractivity contribution in [3.8, 4) is 11.5 Å². The van der Waals surface area contributed by atoms with Gasteiger partial charge >= 0.3 is 5.97 Å². The maximum absolute atomic E-state index is 12.7. The van der Waals surface area contributed by atoms with Crippen molar-refractivity contribution < 1.29 is 24.5 Å². The van der Waals surface area contributed by atoms with E-state index < -0.39 is 23.5 Å². The first-order chi connectivity index (χ1) is 11.6. The lowest BCUT2D eigenvalue weighted by molar-refractivity contribution is -0.146. The fourth-order valence-corrected chi connectivity index (χ4v) is 3.14. The Bertz CT molecular complexity index is 716. The van der Waals surface area contributed by atoms with E-state index in [0.717, 1.165) is 16.7 Å². The molecular formula is C18H26N2O5. The van der Waals surface area contributed by atoms with Gasteiger partial charge in [0, 0.05) is 12.0 Å². The van der Waals surface area contributed by atoms with E-state index in [2.05, 4.69) is 5.32 Å². The molecule has 0 radical (unpaired) electrons. The van der Waals surface area contributed by atoms with Crippen LogP contribution in [0.25, 0.3) is 0 Å². The molecule has 7 heteroatoms. The summed E-state index contributed by atoms with van der Waals surface area (Å²) in [6.07, 6.45) is 1.11. The van der Waals surface area contributed by atoms with Crippen molar-refractivity contribution in [3.05, 3.63) is 22.3 Å². The second kappa shape index (κ2) is 6.92. The van der Waals surface area contributed by atoms with E-state index in [1.165, 1.54) is 0 Å². The van der Waals surface area contributed by atoms with E-state index in [0.29, 0.717) is 24.2 Å². The van der Waals surface area contributed by atoms with Crippen LogP contribution in [0.2, 0.25) is 0 Å². The van der Waals surface area contributed by atoms with Gasteiger partial charge in [-0.1, -0.05) is 0 Å². The molecule has 0 saturated heterocycles. The summed E-state index contributed by atoms with van der Waals surface area (Å²) in [5, 5.41) is 21.9. The van der Waals surface area contributed by atoms with Crippen LogP contribution in [0.1, 0.15) is 42.0 Å². The van der Waals surface area contributed by atoms with Gasteiger partial charge in [-0.25, -0.2) is 4.79 Å². The van der Waals surface area contributed by atoms with Crippen LogP contribution in [0.15, 0.2) is 0 Å². The van der Waals surface area contributed by atoms with Gasteiger partial charge in [-0.2, -0.15) is 0 Å². The van der Waals surface area contributed by atoms with Crippen molar-refractivity contribution in [2.75, 3.05) is 6.54 Å². The third-order valence-electron chi connectivity index (χ3n) is 5.06. The van der Waals surface area contributed by atoms with Crippen LogP contribution in [-0.4, -0.2) is 40.3 Å². The summed E-state index contributed by atoms with van der Waals surface area (Å²) in [5.41, 5.74) is 7.39. The summed E-state index contributed by atoms with van der Waals surface area (Å²) in [4.78, 5) is 23.9. The number of benzene rings is 1. The molecule has 0 aliphatic carbocycles. The van der Waals surface area contributed by atoms with Crippen LogP contribution in [-0.2, 0) is 16.0 Å². The number of carbonyl (C=O) groups excluding carboxylic acids is 1. The third kappa shape index (κ3) is 3.42. The maximum atomic E-state index is 12.7. The number of aliphatic carboxylic acids is 1. The molecule has 2 atom stereocenters. The minimum absolute atomic E-state index is 0.152. The molecule has 1 aliphatic heterocycles. The highest BCUT2D eigenvalue weighted by Crippen LogP contribution is 2.43. The molecule has 0 bridgehead atoms. The van der Waals surface area contributed by atoms with Gasteiger partial charge in [0.05, 0.1) is 0 Å². The number of ether oxygens (including phenoxy) is 1. The molecule has 1 amide bonds. The third-order valence-corrected chi connectivity index (χ3v) is 5.06. The number of aromatic hydroxyl groups is 1. The number of nitrogens with one attached hydrogen (secondary N) is 1. The van der Waals surface area contributed by atoms with Gasteiger partial charge < -0.3 is 26.0 Å². The number of nitrogens with two attached hydrogens (primary N) is 1. The largest absolute Gasteiger partial charge is 0.507 e. The number of carboxylic acid groups (broad SMARTS) is 1. The molecule has 0 aromatic heterocycles. The number of hydrogen-bond donors (Lipinski definition) is 4. The lowest BCUT2D eigenvalue weighted by Crippen LogP contribution is -2.55. The fourth-order valence-electron chi connectivity index (χ4n) is 3.14. The molecule has 2 unspecified atom stereocenters. The molecule has 2 rings (SSSR count). The van der Waals surface area contributed by atoms with Crippen molar-refractivity contribution in [2.45, 2.75) is 58.6 Å². The smallest absolute Gasteiger partial charge is 0.326 e. The predicted octanol–water partition coefficient (Wildman–Crippen LogP) is 1.32. The second-order valence-corrected chi connectivity index (χ2v) is 6.81. The van der Waals surface area contributed by atoms with Crippen LogP contribution in [0.5, 0.6) is 11.5 Å². The Morgan fingerprint density at radius 3 is 2.48 bits per heavy atom. The molecule has 1 aromatic carbocycles. The number of hydrogen-bond acceptors (Lipinski definition) is 5. The number of carbonyl (C=O) groups is 2. The molecule has 138 valence electrons. The van der Waals surface area contributed by atoms with Crippen LogP contribution in [0.3, 0.4) is 0 Å². The first-order valence-electron chi connectivity index (χ1n) is 8.36. The van der Waals surface area contributed by atoms with E-state index in [1.54, 1.807) is 13.8 Å². The van der Waals surface area contributed by atoms with Crippen molar-refractivity contribution in [2.24, 2.45) is 5.73 Å². The van der Waals surface area contributed by atoms with Gasteiger partial charge in [-0.05, 0) is 63.8 Å². The topological polar surface area (TPSA) is 122 Å². The summed E-state index contributed by atoms with van der Waals surface area (Å²) in [6.45, 7) is 7.28. The standard InChI is InChI=1S/C18H26N2O5/c1-9-10(2)15-12(11(3)14(9)21)5-7-18(4,25-15)17(24)20-13(6-8-19)16(22)23/h13,21H,5-8,19H2,1-4H3,(H,20,24)(H,22,23). The Morgan fingerprint density at radius 1 is 1.28 bits per heavy atom. The number of phenols is 1. The molecule has 7 nitrogen and oxygen atoms in total. The first-order valence-corrected chi connectivity index (χ1v) is 8.36. The first kappa shape index (κ1) is 19.1. The fraction of sp³-hybridized carbons (Fsp3) is 0.556. The van der Waals surface area contributed by atoms with Gasteiger partial charge in [0.2, 0.25) is 0 Å². The van der Waals surface area contributed by atoms with Crippen molar-refractivity contribution >= 4 is 11.9 Å². The van der Waals surface area contributed by atoms with E-state index in [1.807, 2.05) is 13.8 Å². The summed E-state index contributed by atoms with van der Waals surface area (Å²) >= 11 is 0. The monoisotopic (exact) mass is 350 g/mol. The predicted molar refractivity (Wildman–Crippen MR) is 92.9 cm³/mol. The minimum Gasteiger partial charge on any atom is -0.507 e. The average molecular weight is 350 g/mol. The van der Waals surface area contributed by atoms with E-state index >= 15 is 0 Å². The van der Waals surface area contributed by atoms with Gasteiger partial charge in [0.1, 0.15) is 17.5 Å². The summed E-state index contributed by atoms with van der Waals surface area (Å²) in [6, 6.07) is -1.04. The van der Waals surface area contributed by atoms with Crippen molar-refractivity contribution in [3.63, 3.8) is 0 Å². The average Bonchev–Trinajstić information content (AvgIpc) is 2.57. The molecular weight excluding hydrogens is 324 g/mol. The quantitative estimate of drug-likeness (QED) is 0.635. The number of amides is 1. The highest BCUT2D eigenvalue weighted by Gasteiger charge is 2.42. The zero-order valence-electron chi connectivity index (χ0n) is 15.1. The Labute approximate surface area is 147 Å². The molecule has 5 N–H and O–H groups in total. The Morgan fingerprint density at radius 2 is 1.92 bits per heavy atom. The molecule has 0 fully saturated rings. The minimum atomic E-state index is -1.17. The molecule has 1 aliphatic rings. The number of fused-ring (bicyclic) bond motifs is 1. The number of rotatable bonds is 5. The molecule has 0 saturated carbocycles. The van der Waals surface area contributed by atoms with E-state index in [-0.39, 0.29) is 18.7 Å². The Balaban J connectivity index is 2.31. The number of carboxylic acids is 1. The highest BCUT2D eigenvalue weighted by molar-refractivity contribution is 5.89. The van der Waals surface area contributed by atoms with Gasteiger partial charge in [-0.3, -0.25) is 4.79 Å². The number of phenolic OH excluding ortho intramolecular Hbond substituents is 1. The highest BCUT2D eigenvalue weighted by atomic mass is 16.5. The molecule has 0 spiro atoms. The zero-order valence-corrected chi connectivity index (χ0v) is 15.1. The van der Waals surface area contributed by atoms with Gasteiger partial charge in [0.15, 0.2) is 5.60 Å². The lowest BCUT2D eigenvalue weighted by atomic mass is 9.86.